The van der Waals surface area contributed by atoms with Gasteiger partial charge in [-0.05, 0) is 37.3 Å². The Hall–Kier alpha value is -2.70. The van der Waals surface area contributed by atoms with Crippen molar-refractivity contribution in [3.05, 3.63) is 86.0 Å². The summed E-state index contributed by atoms with van der Waals surface area (Å²) in [6.07, 6.45) is 0. The lowest BCUT2D eigenvalue weighted by atomic mass is 10.2. The van der Waals surface area contributed by atoms with Gasteiger partial charge in [0.25, 0.3) is 5.91 Å². The third-order valence-electron chi connectivity index (χ3n) is 3.52. The van der Waals surface area contributed by atoms with Crippen molar-refractivity contribution >= 4 is 34.8 Å². The number of carbonyl (C=O) groups excluding carboxylic acids is 1. The maximum Gasteiger partial charge on any atom is 0.280 e. The summed E-state index contributed by atoms with van der Waals surface area (Å²) in [5.41, 5.74) is -0.130. The Labute approximate surface area is 158 Å². The van der Waals surface area contributed by atoms with Crippen LogP contribution in [0.3, 0.4) is 0 Å². The van der Waals surface area contributed by atoms with E-state index in [9.17, 15) is 14.0 Å². The highest BCUT2D eigenvalue weighted by atomic mass is 35.5. The number of nitrogens with zero attached hydrogens (tertiary/aromatic N) is 2. The highest BCUT2D eigenvalue weighted by molar-refractivity contribution is 6.35. The lowest BCUT2D eigenvalue weighted by molar-refractivity contribution is 0.101. The molecule has 0 spiro atoms. The third kappa shape index (κ3) is 3.76. The number of para-hydroxylation sites is 1. The number of aromatic nitrogens is 2. The molecule has 1 amide bonds. The minimum absolute atomic E-state index is 0.129. The van der Waals surface area contributed by atoms with Gasteiger partial charge in [-0.1, -0.05) is 35.3 Å². The van der Waals surface area contributed by atoms with Crippen LogP contribution in [0.1, 0.15) is 16.2 Å². The lowest BCUT2D eigenvalue weighted by Gasteiger charge is -2.12. The maximum atomic E-state index is 14.1. The van der Waals surface area contributed by atoms with Crippen LogP contribution >= 0.6 is 23.2 Å². The highest BCUT2D eigenvalue weighted by Crippen LogP contribution is 2.22. The monoisotopic (exact) mass is 391 g/mol. The van der Waals surface area contributed by atoms with Gasteiger partial charge in [0.1, 0.15) is 11.5 Å². The molecule has 0 radical (unpaired) electrons. The molecule has 132 valence electrons. The topological polar surface area (TPSA) is 64.0 Å². The number of rotatable bonds is 3. The molecule has 0 bridgehead atoms. The van der Waals surface area contributed by atoms with Crippen molar-refractivity contribution in [2.24, 2.45) is 0 Å². The van der Waals surface area contributed by atoms with Gasteiger partial charge in [-0.15, -0.1) is 0 Å². The number of hydrogen-bond donors (Lipinski definition) is 1. The van der Waals surface area contributed by atoms with Gasteiger partial charge in [-0.3, -0.25) is 9.59 Å². The molecule has 3 rings (SSSR count). The van der Waals surface area contributed by atoms with Crippen LogP contribution in [0.5, 0.6) is 0 Å². The molecule has 26 heavy (non-hydrogen) atoms. The molecule has 1 N–H and O–H groups in total. The van der Waals surface area contributed by atoms with Gasteiger partial charge >= 0.3 is 0 Å². The van der Waals surface area contributed by atoms with E-state index in [1.54, 1.807) is 13.0 Å². The van der Waals surface area contributed by atoms with E-state index >= 15 is 0 Å². The molecule has 0 saturated carbocycles. The molecule has 8 heteroatoms. The first-order valence-electron chi connectivity index (χ1n) is 7.48. The first kappa shape index (κ1) is 18.1. The molecule has 3 aromatic rings. The van der Waals surface area contributed by atoms with Crippen molar-refractivity contribution in [1.82, 2.24) is 9.78 Å². The number of halogens is 3. The Bertz CT molecular complexity index is 1050. The second-order valence-corrected chi connectivity index (χ2v) is 6.35. The van der Waals surface area contributed by atoms with Gasteiger partial charge in [-0.25, -0.2) is 9.07 Å². The number of amides is 1. The van der Waals surface area contributed by atoms with Crippen LogP contribution in [0.2, 0.25) is 10.0 Å². The number of carbonyl (C=O) groups is 1. The van der Waals surface area contributed by atoms with Crippen LogP contribution in [-0.2, 0) is 0 Å². The fourth-order valence-electron chi connectivity index (χ4n) is 2.39. The van der Waals surface area contributed by atoms with Gasteiger partial charge < -0.3 is 5.32 Å². The smallest absolute Gasteiger partial charge is 0.280 e. The number of anilines is 1. The highest BCUT2D eigenvalue weighted by Gasteiger charge is 2.17. The van der Waals surface area contributed by atoms with Crippen LogP contribution in [0, 0.1) is 12.7 Å². The van der Waals surface area contributed by atoms with Gasteiger partial charge in [0.05, 0.1) is 0 Å². The predicted molar refractivity (Wildman–Crippen MR) is 98.9 cm³/mol. The Kier molecular flexibility index (Phi) is 5.06. The first-order valence-corrected chi connectivity index (χ1v) is 8.24. The van der Waals surface area contributed by atoms with Crippen LogP contribution < -0.4 is 10.7 Å². The van der Waals surface area contributed by atoms with E-state index in [0.717, 1.165) is 0 Å². The summed E-state index contributed by atoms with van der Waals surface area (Å²) in [7, 11) is 0. The summed E-state index contributed by atoms with van der Waals surface area (Å²) in [6, 6.07) is 11.6. The summed E-state index contributed by atoms with van der Waals surface area (Å²) in [5.74, 6) is -1.28. The Morgan fingerprint density at radius 2 is 1.77 bits per heavy atom. The van der Waals surface area contributed by atoms with E-state index < -0.39 is 17.2 Å². The van der Waals surface area contributed by atoms with Gasteiger partial charge in [0.15, 0.2) is 5.69 Å². The minimum atomic E-state index is -0.751. The molecule has 0 saturated heterocycles. The van der Waals surface area contributed by atoms with Crippen LogP contribution in [0.25, 0.3) is 5.69 Å². The number of hydrogen-bond acceptors (Lipinski definition) is 3. The molecular weight excluding hydrogens is 380 g/mol. The molecule has 0 fully saturated rings. The van der Waals surface area contributed by atoms with Crippen molar-refractivity contribution < 1.29 is 9.18 Å². The number of aryl methyl sites for hydroxylation is 1. The number of nitrogens with one attached hydrogen (secondary N) is 1. The normalized spacial score (nSPS) is 10.6. The molecule has 1 heterocycles. The second kappa shape index (κ2) is 7.27. The van der Waals surface area contributed by atoms with Crippen molar-refractivity contribution in [1.29, 1.82) is 0 Å². The van der Waals surface area contributed by atoms with E-state index in [4.69, 9.17) is 23.2 Å². The Balaban J connectivity index is 2.02. The van der Waals surface area contributed by atoms with Crippen molar-refractivity contribution in [3.8, 4) is 5.69 Å². The quantitative estimate of drug-likeness (QED) is 0.725. The molecule has 0 aliphatic heterocycles. The van der Waals surface area contributed by atoms with Gasteiger partial charge in [0, 0.05) is 27.5 Å². The summed E-state index contributed by atoms with van der Waals surface area (Å²) >= 11 is 11.8. The zero-order valence-electron chi connectivity index (χ0n) is 13.5. The zero-order valence-corrected chi connectivity index (χ0v) is 15.0. The molecule has 1 aromatic heterocycles. The molecule has 0 aliphatic rings. The zero-order chi connectivity index (χ0) is 18.8. The summed E-state index contributed by atoms with van der Waals surface area (Å²) in [4.78, 5) is 24.7. The Morgan fingerprint density at radius 1 is 1.12 bits per heavy atom. The maximum absolute atomic E-state index is 14.1. The van der Waals surface area contributed by atoms with Crippen LogP contribution in [-0.4, -0.2) is 15.7 Å². The largest absolute Gasteiger partial charge is 0.320 e. The molecule has 5 nitrogen and oxygen atoms in total. The molecule has 0 unspecified atom stereocenters. The summed E-state index contributed by atoms with van der Waals surface area (Å²) < 4.78 is 15.3. The molecular formula is C18H12Cl2FN3O2. The van der Waals surface area contributed by atoms with Crippen LogP contribution in [0.4, 0.5) is 10.1 Å². The third-order valence-corrected chi connectivity index (χ3v) is 3.96. The first-order chi connectivity index (χ1) is 12.3. The van der Waals surface area contributed by atoms with E-state index in [2.05, 4.69) is 10.4 Å². The Morgan fingerprint density at radius 3 is 2.42 bits per heavy atom. The average molecular weight is 392 g/mol. The summed E-state index contributed by atoms with van der Waals surface area (Å²) in [6.45, 7) is 1.60. The molecule has 2 aromatic carbocycles. The summed E-state index contributed by atoms with van der Waals surface area (Å²) in [5, 5.41) is 7.20. The predicted octanol–water partition coefficient (Wildman–Crippen LogP) is 4.24. The van der Waals surface area contributed by atoms with Gasteiger partial charge in [0.2, 0.25) is 5.43 Å². The average Bonchev–Trinajstić information content (AvgIpc) is 2.55. The SMILES string of the molecule is Cc1cc(=O)c(C(=O)Nc2cc(Cl)cc(Cl)c2)nn1-c1ccccc1F. The van der Waals surface area contributed by atoms with Gasteiger partial charge in [-0.2, -0.15) is 5.10 Å². The lowest BCUT2D eigenvalue weighted by Crippen LogP contribution is -2.27. The van der Waals surface area contributed by atoms with Crippen LogP contribution in [0.15, 0.2) is 53.3 Å². The van der Waals surface area contributed by atoms with E-state index in [0.29, 0.717) is 21.4 Å². The second-order valence-electron chi connectivity index (χ2n) is 5.47. The molecule has 0 aliphatic carbocycles. The fourth-order valence-corrected chi connectivity index (χ4v) is 2.91. The van der Waals surface area contributed by atoms with E-state index in [1.807, 2.05) is 0 Å². The fraction of sp³-hybridized carbons (Fsp3) is 0.0556. The number of benzene rings is 2. The standard InChI is InChI=1S/C18H12Cl2FN3O2/c1-10-6-16(25)17(23-24(10)15-5-3-2-4-14(15)21)18(26)22-13-8-11(19)7-12(20)9-13/h2-9H,1H3,(H,22,26). The van der Waals surface area contributed by atoms with Crippen molar-refractivity contribution in [3.63, 3.8) is 0 Å². The minimum Gasteiger partial charge on any atom is -0.320 e. The molecule has 0 atom stereocenters. The van der Waals surface area contributed by atoms with E-state index in [1.165, 1.54) is 47.1 Å². The van der Waals surface area contributed by atoms with Crippen molar-refractivity contribution in [2.45, 2.75) is 6.92 Å². The van der Waals surface area contributed by atoms with E-state index in [-0.39, 0.29) is 11.4 Å². The van der Waals surface area contributed by atoms with Crippen molar-refractivity contribution in [2.75, 3.05) is 5.32 Å².